The highest BCUT2D eigenvalue weighted by atomic mass is 19.1. The standard InChI is InChI=1S/C32H32FN7O3/c1-7-25(41)38-13-14-39(20(5)17-38)30-22-15-21(16-34)28(26-23(33)9-8-10-24(26)43-6)36-31(22)40(32(42)37-30)29-19(4)11-12-35-27(29)18(2)3/h7-12,15,18,20H,1,13-14,17H2,2-6H3/t20-/m0/s1. The van der Waals surface area contributed by atoms with Crippen LogP contribution in [0.25, 0.3) is 28.0 Å². The molecular weight excluding hydrogens is 549 g/mol. The van der Waals surface area contributed by atoms with Crippen molar-refractivity contribution in [3.8, 4) is 28.8 Å². The maximum atomic E-state index is 15.4. The molecule has 10 nitrogen and oxygen atoms in total. The molecule has 43 heavy (non-hydrogen) atoms. The molecule has 1 aromatic carbocycles. The Morgan fingerprint density at radius 2 is 2.02 bits per heavy atom. The van der Waals surface area contributed by atoms with Crippen LogP contribution in [0.1, 0.15) is 43.5 Å². The van der Waals surface area contributed by atoms with Crippen molar-refractivity contribution in [2.24, 2.45) is 0 Å². The van der Waals surface area contributed by atoms with E-state index in [4.69, 9.17) is 9.72 Å². The van der Waals surface area contributed by atoms with Crippen LogP contribution in [0.15, 0.2) is 54.0 Å². The summed E-state index contributed by atoms with van der Waals surface area (Å²) in [5.41, 5.74) is 1.71. The number of aryl methyl sites for hydroxylation is 1. The number of pyridine rings is 2. The zero-order chi connectivity index (χ0) is 31.0. The van der Waals surface area contributed by atoms with E-state index in [-0.39, 0.29) is 46.1 Å². The number of halogens is 1. The van der Waals surface area contributed by atoms with Gasteiger partial charge in [0.2, 0.25) is 5.91 Å². The van der Waals surface area contributed by atoms with E-state index in [2.05, 4.69) is 22.6 Å². The molecule has 0 N–H and O–H groups in total. The summed E-state index contributed by atoms with van der Waals surface area (Å²) in [6.07, 6.45) is 2.97. The maximum Gasteiger partial charge on any atom is 0.355 e. The molecule has 4 aromatic rings. The molecule has 0 bridgehead atoms. The molecule has 0 radical (unpaired) electrons. The van der Waals surface area contributed by atoms with E-state index in [1.165, 1.54) is 29.9 Å². The van der Waals surface area contributed by atoms with Gasteiger partial charge in [-0.2, -0.15) is 10.2 Å². The van der Waals surface area contributed by atoms with E-state index in [1.54, 1.807) is 29.3 Å². The molecule has 4 heterocycles. The number of carbonyl (C=O) groups is 1. The lowest BCUT2D eigenvalue weighted by Crippen LogP contribution is -2.54. The van der Waals surface area contributed by atoms with Crippen molar-refractivity contribution in [1.82, 2.24) is 24.4 Å². The number of methoxy groups -OCH3 is 1. The van der Waals surface area contributed by atoms with Gasteiger partial charge in [-0.1, -0.05) is 26.5 Å². The predicted molar refractivity (Wildman–Crippen MR) is 162 cm³/mol. The fourth-order valence-electron chi connectivity index (χ4n) is 5.62. The number of nitriles is 1. The Morgan fingerprint density at radius 3 is 2.67 bits per heavy atom. The Balaban J connectivity index is 1.87. The fraction of sp³-hybridized carbons (Fsp3) is 0.312. The first-order valence-electron chi connectivity index (χ1n) is 14.0. The number of ether oxygens (including phenoxy) is 1. The molecule has 1 aliphatic rings. The number of aromatic nitrogens is 4. The van der Waals surface area contributed by atoms with Gasteiger partial charge in [-0.15, -0.1) is 0 Å². The minimum absolute atomic E-state index is 0.0118. The van der Waals surface area contributed by atoms with Gasteiger partial charge < -0.3 is 14.5 Å². The van der Waals surface area contributed by atoms with E-state index >= 15 is 4.39 Å². The van der Waals surface area contributed by atoms with E-state index < -0.39 is 11.5 Å². The van der Waals surface area contributed by atoms with Gasteiger partial charge >= 0.3 is 5.69 Å². The van der Waals surface area contributed by atoms with Crippen LogP contribution in [0, 0.1) is 24.1 Å². The quantitative estimate of drug-likeness (QED) is 0.305. The number of piperazine rings is 1. The van der Waals surface area contributed by atoms with E-state index in [1.807, 2.05) is 32.6 Å². The third-order valence-corrected chi connectivity index (χ3v) is 7.71. The number of benzene rings is 1. The molecule has 0 spiro atoms. The Bertz CT molecular complexity index is 1860. The molecule has 0 unspecified atom stereocenters. The molecule has 0 aliphatic carbocycles. The smallest absolute Gasteiger partial charge is 0.355 e. The van der Waals surface area contributed by atoms with Gasteiger partial charge in [-0.3, -0.25) is 9.78 Å². The SMILES string of the molecule is C=CC(=O)N1CCN(c2nc(=O)n(-c3c(C)ccnc3C(C)C)c3nc(-c4c(F)cccc4OC)c(C#N)cc23)[C@@H](C)C1. The van der Waals surface area contributed by atoms with Crippen LogP contribution in [0.4, 0.5) is 10.2 Å². The number of amides is 1. The van der Waals surface area contributed by atoms with Crippen molar-refractivity contribution in [3.05, 3.63) is 82.3 Å². The first-order valence-corrected chi connectivity index (χ1v) is 14.0. The molecule has 0 saturated carbocycles. The van der Waals surface area contributed by atoms with Crippen molar-refractivity contribution >= 4 is 22.8 Å². The third kappa shape index (κ3) is 5.09. The molecule has 1 fully saturated rings. The summed E-state index contributed by atoms with van der Waals surface area (Å²) in [6.45, 7) is 12.5. The number of hydrogen-bond acceptors (Lipinski definition) is 8. The van der Waals surface area contributed by atoms with Crippen LogP contribution >= 0.6 is 0 Å². The number of fused-ring (bicyclic) bond motifs is 1. The second-order valence-corrected chi connectivity index (χ2v) is 10.8. The van der Waals surface area contributed by atoms with Crippen molar-refractivity contribution in [3.63, 3.8) is 0 Å². The van der Waals surface area contributed by atoms with Gasteiger partial charge in [0.25, 0.3) is 0 Å². The van der Waals surface area contributed by atoms with Crippen LogP contribution in [-0.4, -0.2) is 63.1 Å². The second kappa shape index (κ2) is 11.6. The Labute approximate surface area is 248 Å². The first kappa shape index (κ1) is 29.4. The largest absolute Gasteiger partial charge is 0.496 e. The van der Waals surface area contributed by atoms with E-state index in [0.717, 1.165) is 5.56 Å². The van der Waals surface area contributed by atoms with Gasteiger partial charge in [-0.05, 0) is 55.7 Å². The Kier molecular flexibility index (Phi) is 7.96. The lowest BCUT2D eigenvalue weighted by Gasteiger charge is -2.40. The summed E-state index contributed by atoms with van der Waals surface area (Å²) in [5.74, 6) is -0.314. The number of hydrogen-bond donors (Lipinski definition) is 0. The predicted octanol–water partition coefficient (Wildman–Crippen LogP) is 4.52. The average molecular weight is 582 g/mol. The topological polar surface area (TPSA) is 117 Å². The average Bonchev–Trinajstić information content (AvgIpc) is 2.99. The number of rotatable bonds is 6. The number of carbonyl (C=O) groups excluding carboxylic acids is 1. The number of nitrogens with zero attached hydrogens (tertiary/aromatic N) is 7. The molecule has 220 valence electrons. The molecule has 3 aromatic heterocycles. The van der Waals surface area contributed by atoms with Gasteiger partial charge in [0.1, 0.15) is 23.5 Å². The van der Waals surface area contributed by atoms with Crippen LogP contribution in [0.5, 0.6) is 5.75 Å². The normalized spacial score (nSPS) is 15.1. The van der Waals surface area contributed by atoms with Crippen molar-refractivity contribution in [2.75, 3.05) is 31.6 Å². The summed E-state index contributed by atoms with van der Waals surface area (Å²) in [5, 5.41) is 10.7. The van der Waals surface area contributed by atoms with Crippen molar-refractivity contribution < 1.29 is 13.9 Å². The maximum absolute atomic E-state index is 15.4. The molecule has 1 amide bonds. The Hall–Kier alpha value is -5.11. The van der Waals surface area contributed by atoms with Gasteiger partial charge in [0.05, 0.1) is 40.7 Å². The second-order valence-electron chi connectivity index (χ2n) is 10.8. The summed E-state index contributed by atoms with van der Waals surface area (Å²) in [6, 6.07) is 9.70. The van der Waals surface area contributed by atoms with Crippen LogP contribution < -0.4 is 15.3 Å². The molecule has 11 heteroatoms. The monoisotopic (exact) mass is 581 g/mol. The van der Waals surface area contributed by atoms with Gasteiger partial charge in [0, 0.05) is 31.9 Å². The minimum Gasteiger partial charge on any atom is -0.496 e. The minimum atomic E-state index is -0.622. The zero-order valence-electron chi connectivity index (χ0n) is 24.8. The van der Waals surface area contributed by atoms with Crippen LogP contribution in [-0.2, 0) is 4.79 Å². The highest BCUT2D eigenvalue weighted by Gasteiger charge is 2.31. The summed E-state index contributed by atoms with van der Waals surface area (Å²) >= 11 is 0. The van der Waals surface area contributed by atoms with Gasteiger partial charge in [-0.25, -0.2) is 18.7 Å². The highest BCUT2D eigenvalue weighted by Crippen LogP contribution is 2.37. The Morgan fingerprint density at radius 1 is 1.26 bits per heavy atom. The third-order valence-electron chi connectivity index (χ3n) is 7.71. The van der Waals surface area contributed by atoms with Crippen LogP contribution in [0.2, 0.25) is 0 Å². The van der Waals surface area contributed by atoms with Crippen molar-refractivity contribution in [2.45, 2.75) is 39.7 Å². The molecule has 5 rings (SSSR count). The first-order chi connectivity index (χ1) is 20.6. The zero-order valence-corrected chi connectivity index (χ0v) is 24.8. The molecule has 1 saturated heterocycles. The lowest BCUT2D eigenvalue weighted by molar-refractivity contribution is -0.126. The molecular formula is C32H32FN7O3. The van der Waals surface area contributed by atoms with Crippen LogP contribution in [0.3, 0.4) is 0 Å². The lowest BCUT2D eigenvalue weighted by atomic mass is 10.0. The van der Waals surface area contributed by atoms with Crippen molar-refractivity contribution in [1.29, 1.82) is 5.26 Å². The molecule has 1 aliphatic heterocycles. The summed E-state index contributed by atoms with van der Waals surface area (Å²) in [4.78, 5) is 44.0. The fourth-order valence-corrected chi connectivity index (χ4v) is 5.62. The number of anilines is 1. The van der Waals surface area contributed by atoms with E-state index in [0.29, 0.717) is 42.2 Å². The van der Waals surface area contributed by atoms with Gasteiger partial charge in [0.15, 0.2) is 5.65 Å². The summed E-state index contributed by atoms with van der Waals surface area (Å²) < 4.78 is 22.2. The highest BCUT2D eigenvalue weighted by molar-refractivity contribution is 5.93. The summed E-state index contributed by atoms with van der Waals surface area (Å²) in [7, 11) is 1.41. The molecule has 1 atom stereocenters. The van der Waals surface area contributed by atoms with E-state index in [9.17, 15) is 14.9 Å².